The molecule has 0 N–H and O–H groups in total. The van der Waals surface area contributed by atoms with E-state index in [1.807, 2.05) is 45.0 Å². The summed E-state index contributed by atoms with van der Waals surface area (Å²) >= 11 is 0. The highest BCUT2D eigenvalue weighted by Gasteiger charge is 2.44. The second kappa shape index (κ2) is 8.79. The van der Waals surface area contributed by atoms with Crippen molar-refractivity contribution >= 4 is 23.1 Å². The Labute approximate surface area is 190 Å². The minimum atomic E-state index is -0.293. The zero-order chi connectivity index (χ0) is 23.0. The van der Waals surface area contributed by atoms with E-state index in [9.17, 15) is 9.59 Å². The van der Waals surface area contributed by atoms with Gasteiger partial charge in [0.25, 0.3) is 11.8 Å². The minimum Gasteiger partial charge on any atom is -0.495 e. The lowest BCUT2D eigenvalue weighted by Crippen LogP contribution is -2.47. The lowest BCUT2D eigenvalue weighted by Gasteiger charge is -2.36. The summed E-state index contributed by atoms with van der Waals surface area (Å²) < 4.78 is 5.51. The van der Waals surface area contributed by atoms with Gasteiger partial charge in [-0.2, -0.15) is 0 Å². The highest BCUT2D eigenvalue weighted by Crippen LogP contribution is 2.40. The average Bonchev–Trinajstić information content (AvgIpc) is 3.03. The van der Waals surface area contributed by atoms with Crippen molar-refractivity contribution in [3.8, 4) is 5.75 Å². The van der Waals surface area contributed by atoms with Crippen LogP contribution in [0.2, 0.25) is 0 Å². The van der Waals surface area contributed by atoms with Crippen LogP contribution in [0, 0.1) is 20.8 Å². The third-order valence-corrected chi connectivity index (χ3v) is 6.42. The van der Waals surface area contributed by atoms with Crippen LogP contribution in [0.15, 0.2) is 42.1 Å². The topological polar surface area (TPSA) is 53.1 Å². The number of piperazine rings is 1. The number of imide groups is 1. The van der Waals surface area contributed by atoms with Crippen LogP contribution in [0.4, 0.5) is 5.69 Å². The number of hydrogen-bond acceptors (Lipinski definition) is 5. The number of carbonyl (C=O) groups is 2. The number of benzene rings is 2. The Balaban J connectivity index is 1.85. The molecule has 0 bridgehead atoms. The molecule has 0 atom stereocenters. The van der Waals surface area contributed by atoms with Gasteiger partial charge in [-0.15, -0.1) is 0 Å². The van der Waals surface area contributed by atoms with Crippen molar-refractivity contribution in [2.45, 2.75) is 27.7 Å². The van der Waals surface area contributed by atoms with Crippen LogP contribution in [-0.2, 0) is 9.59 Å². The van der Waals surface area contributed by atoms with Crippen molar-refractivity contribution in [2.24, 2.45) is 0 Å². The molecule has 1 saturated heterocycles. The molecule has 2 aliphatic rings. The number of nitrogens with zero attached hydrogens (tertiary/aromatic N) is 3. The third kappa shape index (κ3) is 3.79. The molecular formula is C26H31N3O3. The van der Waals surface area contributed by atoms with E-state index >= 15 is 0 Å². The first-order chi connectivity index (χ1) is 15.3. The minimum absolute atomic E-state index is 0.279. The molecule has 0 saturated carbocycles. The van der Waals surface area contributed by atoms with Gasteiger partial charge in [-0.3, -0.25) is 9.59 Å². The van der Waals surface area contributed by atoms with E-state index in [2.05, 4.69) is 22.8 Å². The smallest absolute Gasteiger partial charge is 0.282 e. The standard InChI is InChI=1S/C26H31N3O3/c1-6-27-11-13-28(14-12-27)24-23(20-9-7-17(2)15-19(20)4)25(30)29(26(24)31)21-16-18(3)8-10-22(21)32-5/h7-10,15-16H,6,11-14H2,1-5H3. The summed E-state index contributed by atoms with van der Waals surface area (Å²) in [5.74, 6) is -0.0630. The molecular weight excluding hydrogens is 402 g/mol. The molecule has 2 aliphatic heterocycles. The molecule has 168 valence electrons. The first kappa shape index (κ1) is 22.1. The van der Waals surface area contributed by atoms with E-state index in [4.69, 9.17) is 4.74 Å². The van der Waals surface area contributed by atoms with Crippen molar-refractivity contribution in [1.29, 1.82) is 0 Å². The Morgan fingerprint density at radius 1 is 0.875 bits per heavy atom. The molecule has 0 spiro atoms. The second-order valence-corrected chi connectivity index (χ2v) is 8.58. The van der Waals surface area contributed by atoms with Gasteiger partial charge in [-0.05, 0) is 56.1 Å². The number of amides is 2. The second-order valence-electron chi connectivity index (χ2n) is 8.58. The Hall–Kier alpha value is -3.12. The van der Waals surface area contributed by atoms with E-state index in [0.717, 1.165) is 55.0 Å². The monoisotopic (exact) mass is 433 g/mol. The molecule has 2 aromatic carbocycles. The lowest BCUT2D eigenvalue weighted by atomic mass is 9.97. The first-order valence-corrected chi connectivity index (χ1v) is 11.2. The maximum absolute atomic E-state index is 13.9. The summed E-state index contributed by atoms with van der Waals surface area (Å²) in [5.41, 5.74) is 5.37. The van der Waals surface area contributed by atoms with E-state index in [1.54, 1.807) is 13.2 Å². The van der Waals surface area contributed by atoms with E-state index in [0.29, 0.717) is 22.7 Å². The van der Waals surface area contributed by atoms with Crippen LogP contribution >= 0.6 is 0 Å². The maximum atomic E-state index is 13.9. The molecule has 6 nitrogen and oxygen atoms in total. The third-order valence-electron chi connectivity index (χ3n) is 6.42. The van der Waals surface area contributed by atoms with Gasteiger partial charge < -0.3 is 14.5 Å². The normalized spacial score (nSPS) is 17.5. The predicted octanol–water partition coefficient (Wildman–Crippen LogP) is 3.54. The van der Waals surface area contributed by atoms with Crippen LogP contribution in [0.25, 0.3) is 5.57 Å². The molecule has 1 fully saturated rings. The van der Waals surface area contributed by atoms with Gasteiger partial charge in [0.05, 0.1) is 18.4 Å². The molecule has 2 amide bonds. The predicted molar refractivity (Wildman–Crippen MR) is 127 cm³/mol. The maximum Gasteiger partial charge on any atom is 0.282 e. The van der Waals surface area contributed by atoms with E-state index in [1.165, 1.54) is 4.90 Å². The number of rotatable bonds is 5. The van der Waals surface area contributed by atoms with Crippen LogP contribution in [0.5, 0.6) is 5.75 Å². The van der Waals surface area contributed by atoms with Crippen LogP contribution in [0.3, 0.4) is 0 Å². The number of likely N-dealkylation sites (N-methyl/N-ethyl adjacent to an activating group) is 1. The SMILES string of the molecule is CCN1CCN(C2=C(c3ccc(C)cc3C)C(=O)N(c3cc(C)ccc3OC)C2=O)CC1. The molecule has 0 aromatic heterocycles. The van der Waals surface area contributed by atoms with Crippen LogP contribution in [-0.4, -0.2) is 61.4 Å². The van der Waals surface area contributed by atoms with E-state index in [-0.39, 0.29) is 11.8 Å². The van der Waals surface area contributed by atoms with Gasteiger partial charge in [0.2, 0.25) is 0 Å². The number of aryl methyl sites for hydroxylation is 3. The van der Waals surface area contributed by atoms with Gasteiger partial charge in [0.1, 0.15) is 11.4 Å². The molecule has 0 radical (unpaired) electrons. The fourth-order valence-electron chi connectivity index (χ4n) is 4.63. The summed E-state index contributed by atoms with van der Waals surface area (Å²) in [6.45, 7) is 12.3. The number of anilines is 1. The van der Waals surface area contributed by atoms with Gasteiger partial charge in [-0.1, -0.05) is 36.8 Å². The Bertz CT molecular complexity index is 1100. The van der Waals surface area contributed by atoms with Crippen molar-refractivity contribution < 1.29 is 14.3 Å². The van der Waals surface area contributed by atoms with Crippen LogP contribution < -0.4 is 9.64 Å². The Morgan fingerprint density at radius 2 is 1.53 bits per heavy atom. The van der Waals surface area contributed by atoms with Crippen LogP contribution in [0.1, 0.15) is 29.2 Å². The number of hydrogen-bond donors (Lipinski definition) is 0. The number of carbonyl (C=O) groups excluding carboxylic acids is 2. The molecule has 4 rings (SSSR count). The summed E-state index contributed by atoms with van der Waals surface area (Å²) in [5, 5.41) is 0. The summed E-state index contributed by atoms with van der Waals surface area (Å²) in [6, 6.07) is 11.6. The highest BCUT2D eigenvalue weighted by molar-refractivity contribution is 6.45. The molecule has 6 heteroatoms. The van der Waals surface area contributed by atoms with Crippen molar-refractivity contribution in [3.05, 3.63) is 64.3 Å². The number of ether oxygens (including phenoxy) is 1. The first-order valence-electron chi connectivity index (χ1n) is 11.2. The number of methoxy groups -OCH3 is 1. The zero-order valence-corrected chi connectivity index (χ0v) is 19.6. The molecule has 2 aromatic rings. The van der Waals surface area contributed by atoms with Crippen molar-refractivity contribution in [2.75, 3.05) is 44.7 Å². The van der Waals surface area contributed by atoms with Crippen molar-refractivity contribution in [3.63, 3.8) is 0 Å². The van der Waals surface area contributed by atoms with Gasteiger partial charge in [0, 0.05) is 26.2 Å². The molecule has 32 heavy (non-hydrogen) atoms. The molecule has 2 heterocycles. The fraction of sp³-hybridized carbons (Fsp3) is 0.385. The molecule has 0 unspecified atom stereocenters. The van der Waals surface area contributed by atoms with Gasteiger partial charge in [-0.25, -0.2) is 4.90 Å². The Kier molecular flexibility index (Phi) is 6.07. The molecule has 0 aliphatic carbocycles. The fourth-order valence-corrected chi connectivity index (χ4v) is 4.63. The highest BCUT2D eigenvalue weighted by atomic mass is 16.5. The largest absolute Gasteiger partial charge is 0.495 e. The van der Waals surface area contributed by atoms with Crippen molar-refractivity contribution in [1.82, 2.24) is 9.80 Å². The summed E-state index contributed by atoms with van der Waals surface area (Å²) in [6.07, 6.45) is 0. The summed E-state index contributed by atoms with van der Waals surface area (Å²) in [4.78, 5) is 33.4. The average molecular weight is 434 g/mol. The zero-order valence-electron chi connectivity index (χ0n) is 19.6. The summed E-state index contributed by atoms with van der Waals surface area (Å²) in [7, 11) is 1.56. The van der Waals surface area contributed by atoms with Gasteiger partial charge in [0.15, 0.2) is 0 Å². The quantitative estimate of drug-likeness (QED) is 0.675. The Morgan fingerprint density at radius 3 is 2.16 bits per heavy atom. The lowest BCUT2D eigenvalue weighted by molar-refractivity contribution is -0.120. The van der Waals surface area contributed by atoms with Gasteiger partial charge >= 0.3 is 0 Å². The van der Waals surface area contributed by atoms with E-state index < -0.39 is 0 Å².